The minimum Gasteiger partial charge on any atom is -0.462 e. The number of ether oxygens (including phenoxy) is 1. The molecule has 1 aromatic rings. The molecule has 0 unspecified atom stereocenters. The molecule has 0 amide bonds. The summed E-state index contributed by atoms with van der Waals surface area (Å²) >= 11 is 3.34. The van der Waals surface area contributed by atoms with Crippen LogP contribution in [0, 0.1) is 0 Å². The second kappa shape index (κ2) is 7.17. The normalized spacial score (nSPS) is 10.6. The monoisotopic (exact) mass is 283 g/mol. The Morgan fingerprint density at radius 1 is 1.56 bits per heavy atom. The van der Waals surface area contributed by atoms with Crippen LogP contribution in [0.3, 0.4) is 0 Å². The Morgan fingerprint density at radius 2 is 2.38 bits per heavy atom. The smallest absolute Gasteiger partial charge is 0.339 e. The van der Waals surface area contributed by atoms with Crippen molar-refractivity contribution in [2.24, 2.45) is 0 Å². The predicted molar refractivity (Wildman–Crippen MR) is 67.6 cm³/mol. The van der Waals surface area contributed by atoms with Crippen molar-refractivity contribution in [3.63, 3.8) is 0 Å². The molecular formula is C12H14BrNO2. The van der Waals surface area contributed by atoms with Crippen LogP contribution in [0.4, 0.5) is 0 Å². The van der Waals surface area contributed by atoms with Crippen molar-refractivity contribution >= 4 is 28.0 Å². The van der Waals surface area contributed by atoms with Gasteiger partial charge in [0.1, 0.15) is 0 Å². The maximum absolute atomic E-state index is 11.4. The number of esters is 1. The molecule has 0 atom stereocenters. The first-order valence-corrected chi connectivity index (χ1v) is 6.24. The van der Waals surface area contributed by atoms with Gasteiger partial charge in [-0.3, -0.25) is 4.98 Å². The minimum atomic E-state index is -0.328. The van der Waals surface area contributed by atoms with E-state index in [1.54, 1.807) is 19.2 Å². The number of rotatable bonds is 5. The van der Waals surface area contributed by atoms with Gasteiger partial charge >= 0.3 is 5.97 Å². The van der Waals surface area contributed by atoms with E-state index in [0.717, 1.165) is 17.3 Å². The van der Waals surface area contributed by atoms with Gasteiger partial charge in [-0.25, -0.2) is 4.79 Å². The highest BCUT2D eigenvalue weighted by atomic mass is 79.9. The lowest BCUT2D eigenvalue weighted by atomic mass is 10.2. The second-order valence-corrected chi connectivity index (χ2v) is 3.90. The Kier molecular flexibility index (Phi) is 5.78. The topological polar surface area (TPSA) is 39.2 Å². The molecule has 0 saturated heterocycles. The molecule has 1 heterocycles. The van der Waals surface area contributed by atoms with Crippen LogP contribution in [0.15, 0.2) is 24.5 Å². The molecule has 1 rings (SSSR count). The van der Waals surface area contributed by atoms with Crippen LogP contribution < -0.4 is 0 Å². The van der Waals surface area contributed by atoms with Gasteiger partial charge in [0.15, 0.2) is 0 Å². The van der Waals surface area contributed by atoms with E-state index in [1.807, 2.05) is 12.2 Å². The van der Waals surface area contributed by atoms with Crippen LogP contribution in [0.1, 0.15) is 29.3 Å². The first kappa shape index (κ1) is 12.9. The Bertz CT molecular complexity index is 377. The van der Waals surface area contributed by atoms with Crippen molar-refractivity contribution in [3.8, 4) is 0 Å². The highest BCUT2D eigenvalue weighted by molar-refractivity contribution is 9.09. The molecule has 1 aromatic heterocycles. The number of alkyl halides is 1. The van der Waals surface area contributed by atoms with Crippen molar-refractivity contribution in [2.45, 2.75) is 13.3 Å². The van der Waals surface area contributed by atoms with Crippen molar-refractivity contribution in [1.82, 2.24) is 4.98 Å². The summed E-state index contributed by atoms with van der Waals surface area (Å²) < 4.78 is 4.90. The average molecular weight is 284 g/mol. The summed E-state index contributed by atoms with van der Waals surface area (Å²) in [6, 6.07) is 1.77. The number of pyridine rings is 1. The summed E-state index contributed by atoms with van der Waals surface area (Å²) in [7, 11) is 0. The van der Waals surface area contributed by atoms with Gasteiger partial charge in [-0.1, -0.05) is 28.1 Å². The van der Waals surface area contributed by atoms with Gasteiger partial charge < -0.3 is 4.74 Å². The molecule has 0 N–H and O–H groups in total. The molecule has 0 aliphatic carbocycles. The molecule has 0 radical (unpaired) electrons. The SMILES string of the molecule is CCOC(=O)c1cncc(C=CCCBr)c1. The van der Waals surface area contributed by atoms with E-state index >= 15 is 0 Å². The van der Waals surface area contributed by atoms with Crippen molar-refractivity contribution in [3.05, 3.63) is 35.7 Å². The number of allylic oxidation sites excluding steroid dienone is 1. The van der Waals surface area contributed by atoms with Gasteiger partial charge in [-0.05, 0) is 25.0 Å². The third-order valence-corrected chi connectivity index (χ3v) is 2.31. The molecule has 0 aliphatic heterocycles. The highest BCUT2D eigenvalue weighted by Gasteiger charge is 2.06. The standard InChI is InChI=1S/C12H14BrNO2/c1-2-16-12(15)11-7-10(8-14-9-11)5-3-4-6-13/h3,5,7-9H,2,4,6H2,1H3. The number of hydrogen-bond acceptors (Lipinski definition) is 3. The lowest BCUT2D eigenvalue weighted by Gasteiger charge is -2.01. The minimum absolute atomic E-state index is 0.328. The molecule has 86 valence electrons. The van der Waals surface area contributed by atoms with Gasteiger partial charge in [0.2, 0.25) is 0 Å². The van der Waals surface area contributed by atoms with Crippen LogP contribution in [0.25, 0.3) is 6.08 Å². The lowest BCUT2D eigenvalue weighted by Crippen LogP contribution is -2.05. The summed E-state index contributed by atoms with van der Waals surface area (Å²) in [6.45, 7) is 2.16. The van der Waals surface area contributed by atoms with E-state index in [2.05, 4.69) is 20.9 Å². The Labute approximate surface area is 104 Å². The largest absolute Gasteiger partial charge is 0.462 e. The molecule has 3 nitrogen and oxygen atoms in total. The zero-order valence-electron chi connectivity index (χ0n) is 9.15. The molecule has 0 fully saturated rings. The van der Waals surface area contributed by atoms with Gasteiger partial charge in [0.05, 0.1) is 12.2 Å². The summed E-state index contributed by atoms with van der Waals surface area (Å²) in [5.41, 5.74) is 1.40. The van der Waals surface area contributed by atoms with Crippen molar-refractivity contribution in [2.75, 3.05) is 11.9 Å². The van der Waals surface area contributed by atoms with Crippen LogP contribution in [0.5, 0.6) is 0 Å². The molecule has 0 saturated carbocycles. The van der Waals surface area contributed by atoms with Gasteiger partial charge in [-0.15, -0.1) is 0 Å². The maximum Gasteiger partial charge on any atom is 0.339 e. The zero-order chi connectivity index (χ0) is 11.8. The summed E-state index contributed by atoms with van der Waals surface area (Å²) in [4.78, 5) is 15.4. The third-order valence-electron chi connectivity index (χ3n) is 1.86. The number of hydrogen-bond donors (Lipinski definition) is 0. The molecule has 16 heavy (non-hydrogen) atoms. The van der Waals surface area contributed by atoms with E-state index in [4.69, 9.17) is 4.74 Å². The molecule has 4 heteroatoms. The number of aromatic nitrogens is 1. The van der Waals surface area contributed by atoms with Crippen LogP contribution in [0.2, 0.25) is 0 Å². The van der Waals surface area contributed by atoms with E-state index < -0.39 is 0 Å². The fourth-order valence-corrected chi connectivity index (χ4v) is 1.42. The second-order valence-electron chi connectivity index (χ2n) is 3.11. The van der Waals surface area contributed by atoms with E-state index in [9.17, 15) is 4.79 Å². The third kappa shape index (κ3) is 4.14. The van der Waals surface area contributed by atoms with E-state index in [1.165, 1.54) is 6.20 Å². The first-order chi connectivity index (χ1) is 7.77. The number of halogens is 1. The van der Waals surface area contributed by atoms with Crippen LogP contribution in [-0.2, 0) is 4.74 Å². The Hall–Kier alpha value is -1.16. The van der Waals surface area contributed by atoms with Gasteiger partial charge in [0, 0.05) is 17.7 Å². The first-order valence-electron chi connectivity index (χ1n) is 5.12. The quantitative estimate of drug-likeness (QED) is 0.616. The summed E-state index contributed by atoms with van der Waals surface area (Å²) in [5.74, 6) is -0.328. The number of nitrogens with zero attached hydrogens (tertiary/aromatic N) is 1. The average Bonchev–Trinajstić information content (AvgIpc) is 2.30. The summed E-state index contributed by atoms with van der Waals surface area (Å²) in [5, 5.41) is 0.925. The van der Waals surface area contributed by atoms with Crippen molar-refractivity contribution in [1.29, 1.82) is 0 Å². The fourth-order valence-electron chi connectivity index (χ4n) is 1.16. The van der Waals surface area contributed by atoms with Crippen molar-refractivity contribution < 1.29 is 9.53 Å². The molecule has 0 aliphatic rings. The lowest BCUT2D eigenvalue weighted by molar-refractivity contribution is 0.0526. The Balaban J connectivity index is 2.74. The van der Waals surface area contributed by atoms with Gasteiger partial charge in [0.25, 0.3) is 0 Å². The number of carbonyl (C=O) groups is 1. The summed E-state index contributed by atoms with van der Waals surface area (Å²) in [6.07, 6.45) is 8.15. The predicted octanol–water partition coefficient (Wildman–Crippen LogP) is 3.06. The van der Waals surface area contributed by atoms with Gasteiger partial charge in [-0.2, -0.15) is 0 Å². The van der Waals surface area contributed by atoms with E-state index in [-0.39, 0.29) is 5.97 Å². The zero-order valence-corrected chi connectivity index (χ0v) is 10.7. The van der Waals surface area contributed by atoms with Crippen LogP contribution in [-0.4, -0.2) is 22.9 Å². The van der Waals surface area contributed by atoms with E-state index in [0.29, 0.717) is 12.2 Å². The molecule has 0 spiro atoms. The fraction of sp³-hybridized carbons (Fsp3) is 0.333. The maximum atomic E-state index is 11.4. The van der Waals surface area contributed by atoms with Crippen LogP contribution >= 0.6 is 15.9 Å². The molecule has 0 aromatic carbocycles. The highest BCUT2D eigenvalue weighted by Crippen LogP contribution is 2.07. The Morgan fingerprint density at radius 3 is 3.06 bits per heavy atom. The number of carbonyl (C=O) groups excluding carboxylic acids is 1. The molecular weight excluding hydrogens is 270 g/mol. The molecule has 0 bridgehead atoms.